The van der Waals surface area contributed by atoms with Crippen molar-refractivity contribution in [3.05, 3.63) is 25.3 Å². The zero-order valence-electron chi connectivity index (χ0n) is 7.33. The minimum Gasteiger partial charge on any atom is -0.385 e. The monoisotopic (exact) mass is 168 g/mol. The molecule has 0 aliphatic heterocycles. The van der Waals surface area contributed by atoms with Gasteiger partial charge in [0.2, 0.25) is 0 Å². The van der Waals surface area contributed by atoms with Gasteiger partial charge in [0.1, 0.15) is 6.10 Å². The SMILES string of the molecule is C=CCCC(=O)C(O)CCC=C. The Balaban J connectivity index is 3.60. The van der Waals surface area contributed by atoms with Crippen molar-refractivity contribution in [1.29, 1.82) is 0 Å². The topological polar surface area (TPSA) is 37.3 Å². The second-order valence-electron chi connectivity index (χ2n) is 2.68. The average Bonchev–Trinajstić information content (AvgIpc) is 2.10. The molecule has 2 nitrogen and oxygen atoms in total. The van der Waals surface area contributed by atoms with Crippen molar-refractivity contribution in [2.75, 3.05) is 0 Å². The fraction of sp³-hybridized carbons (Fsp3) is 0.500. The molecular weight excluding hydrogens is 152 g/mol. The molecule has 0 amide bonds. The molecule has 0 aliphatic rings. The number of rotatable bonds is 7. The third-order valence-electron chi connectivity index (χ3n) is 1.61. The van der Waals surface area contributed by atoms with Gasteiger partial charge in [0.05, 0.1) is 0 Å². The molecule has 1 unspecified atom stereocenters. The zero-order valence-corrected chi connectivity index (χ0v) is 7.33. The standard InChI is InChI=1S/C10H16O2/c1-3-5-7-9(11)10(12)8-6-4-2/h3-4,9,11H,1-2,5-8H2. The van der Waals surface area contributed by atoms with Crippen LogP contribution in [0.4, 0.5) is 0 Å². The van der Waals surface area contributed by atoms with E-state index in [0.29, 0.717) is 25.7 Å². The number of hydrogen-bond acceptors (Lipinski definition) is 2. The maximum Gasteiger partial charge on any atom is 0.161 e. The fourth-order valence-corrected chi connectivity index (χ4v) is 0.848. The summed E-state index contributed by atoms with van der Waals surface area (Å²) < 4.78 is 0. The number of hydrogen-bond donors (Lipinski definition) is 1. The van der Waals surface area contributed by atoms with Gasteiger partial charge in [-0.2, -0.15) is 0 Å². The van der Waals surface area contributed by atoms with E-state index in [1.165, 1.54) is 0 Å². The van der Waals surface area contributed by atoms with Gasteiger partial charge >= 0.3 is 0 Å². The van der Waals surface area contributed by atoms with Gasteiger partial charge in [0.25, 0.3) is 0 Å². The van der Waals surface area contributed by atoms with Crippen LogP contribution in [0.5, 0.6) is 0 Å². The first-order chi connectivity index (χ1) is 5.72. The fourth-order valence-electron chi connectivity index (χ4n) is 0.848. The highest BCUT2D eigenvalue weighted by molar-refractivity contribution is 5.82. The van der Waals surface area contributed by atoms with E-state index in [9.17, 15) is 9.90 Å². The van der Waals surface area contributed by atoms with Crippen LogP contribution in [-0.4, -0.2) is 17.0 Å². The van der Waals surface area contributed by atoms with Crippen LogP contribution < -0.4 is 0 Å². The largest absolute Gasteiger partial charge is 0.385 e. The highest BCUT2D eigenvalue weighted by atomic mass is 16.3. The lowest BCUT2D eigenvalue weighted by molar-refractivity contribution is -0.127. The van der Waals surface area contributed by atoms with E-state index in [1.54, 1.807) is 12.2 Å². The summed E-state index contributed by atoms with van der Waals surface area (Å²) in [6.07, 6.45) is 4.76. The molecule has 0 radical (unpaired) electrons. The van der Waals surface area contributed by atoms with Gasteiger partial charge in [-0.15, -0.1) is 13.2 Å². The van der Waals surface area contributed by atoms with Crippen LogP contribution in [0.25, 0.3) is 0 Å². The molecule has 0 bridgehead atoms. The van der Waals surface area contributed by atoms with E-state index >= 15 is 0 Å². The molecule has 0 fully saturated rings. The average molecular weight is 168 g/mol. The summed E-state index contributed by atoms with van der Waals surface area (Å²) in [7, 11) is 0. The van der Waals surface area contributed by atoms with Crippen LogP contribution >= 0.6 is 0 Å². The van der Waals surface area contributed by atoms with Gasteiger partial charge in [0, 0.05) is 6.42 Å². The second kappa shape index (κ2) is 6.80. The Hall–Kier alpha value is -0.890. The Bertz CT molecular complexity index is 161. The van der Waals surface area contributed by atoms with Crippen LogP contribution in [0.3, 0.4) is 0 Å². The predicted octanol–water partition coefficient (Wildman–Crippen LogP) is 1.85. The maximum absolute atomic E-state index is 11.1. The number of carbonyl (C=O) groups excluding carboxylic acids is 1. The lowest BCUT2D eigenvalue weighted by Crippen LogP contribution is -2.19. The molecule has 1 N–H and O–H groups in total. The zero-order chi connectivity index (χ0) is 9.40. The highest BCUT2D eigenvalue weighted by Gasteiger charge is 2.11. The van der Waals surface area contributed by atoms with Crippen molar-refractivity contribution in [3.8, 4) is 0 Å². The second-order valence-corrected chi connectivity index (χ2v) is 2.68. The molecule has 0 spiro atoms. The van der Waals surface area contributed by atoms with Crippen LogP contribution in [0, 0.1) is 0 Å². The van der Waals surface area contributed by atoms with Crippen molar-refractivity contribution in [3.63, 3.8) is 0 Å². The summed E-state index contributed by atoms with van der Waals surface area (Å²) >= 11 is 0. The molecule has 0 aromatic rings. The lowest BCUT2D eigenvalue weighted by atomic mass is 10.1. The molecule has 12 heavy (non-hydrogen) atoms. The van der Waals surface area contributed by atoms with Crippen LogP contribution in [0.1, 0.15) is 25.7 Å². The summed E-state index contributed by atoms with van der Waals surface area (Å²) in [5.74, 6) is -0.100. The first-order valence-corrected chi connectivity index (χ1v) is 4.15. The lowest BCUT2D eigenvalue weighted by Gasteiger charge is -2.06. The van der Waals surface area contributed by atoms with E-state index < -0.39 is 6.10 Å². The van der Waals surface area contributed by atoms with Gasteiger partial charge in [-0.3, -0.25) is 4.79 Å². The Morgan fingerprint density at radius 1 is 1.33 bits per heavy atom. The predicted molar refractivity (Wildman–Crippen MR) is 49.9 cm³/mol. The number of ketones is 1. The molecule has 0 saturated carbocycles. The van der Waals surface area contributed by atoms with E-state index in [-0.39, 0.29) is 5.78 Å². The van der Waals surface area contributed by atoms with Crippen molar-refractivity contribution in [2.45, 2.75) is 31.8 Å². The minimum atomic E-state index is -0.817. The number of aliphatic hydroxyl groups excluding tert-OH is 1. The summed E-state index contributed by atoms with van der Waals surface area (Å²) in [6, 6.07) is 0. The Labute approximate surface area is 73.6 Å². The maximum atomic E-state index is 11.1. The molecule has 0 saturated heterocycles. The van der Waals surface area contributed by atoms with Gasteiger partial charge in [-0.1, -0.05) is 12.2 Å². The number of Topliss-reactive ketones (excluding diaryl/α,β-unsaturated/α-hetero) is 1. The summed E-state index contributed by atoms with van der Waals surface area (Å²) in [4.78, 5) is 11.1. The van der Waals surface area contributed by atoms with Gasteiger partial charge in [-0.05, 0) is 19.3 Å². The highest BCUT2D eigenvalue weighted by Crippen LogP contribution is 2.03. The molecule has 0 rings (SSSR count). The van der Waals surface area contributed by atoms with Gasteiger partial charge in [-0.25, -0.2) is 0 Å². The molecule has 0 aromatic heterocycles. The van der Waals surface area contributed by atoms with Crippen molar-refractivity contribution in [1.82, 2.24) is 0 Å². The Kier molecular flexibility index (Phi) is 6.29. The smallest absolute Gasteiger partial charge is 0.161 e. The van der Waals surface area contributed by atoms with E-state index in [1.807, 2.05) is 0 Å². The molecule has 1 atom stereocenters. The molecule has 0 aromatic carbocycles. The van der Waals surface area contributed by atoms with Crippen LogP contribution in [0.15, 0.2) is 25.3 Å². The van der Waals surface area contributed by atoms with Crippen molar-refractivity contribution >= 4 is 5.78 Å². The molecular formula is C10H16O2. The van der Waals surface area contributed by atoms with Gasteiger partial charge in [0.15, 0.2) is 5.78 Å². The summed E-state index contributed by atoms with van der Waals surface area (Å²) in [5, 5.41) is 9.24. The van der Waals surface area contributed by atoms with Crippen LogP contribution in [-0.2, 0) is 4.79 Å². The van der Waals surface area contributed by atoms with Gasteiger partial charge < -0.3 is 5.11 Å². The third kappa shape index (κ3) is 4.85. The van der Waals surface area contributed by atoms with Crippen LogP contribution in [0.2, 0.25) is 0 Å². The minimum absolute atomic E-state index is 0.100. The molecule has 0 heterocycles. The number of aliphatic hydroxyl groups is 1. The van der Waals surface area contributed by atoms with E-state index in [2.05, 4.69) is 13.2 Å². The van der Waals surface area contributed by atoms with Crippen molar-refractivity contribution in [2.24, 2.45) is 0 Å². The summed E-state index contributed by atoms with van der Waals surface area (Å²) in [6.45, 7) is 7.02. The normalized spacial score (nSPS) is 12.1. The Morgan fingerprint density at radius 2 is 1.92 bits per heavy atom. The number of allylic oxidation sites excluding steroid dienone is 2. The van der Waals surface area contributed by atoms with E-state index in [0.717, 1.165) is 0 Å². The summed E-state index contributed by atoms with van der Waals surface area (Å²) in [5.41, 5.74) is 0. The van der Waals surface area contributed by atoms with E-state index in [4.69, 9.17) is 0 Å². The molecule has 68 valence electrons. The first kappa shape index (κ1) is 11.1. The molecule has 0 aliphatic carbocycles. The number of carbonyl (C=O) groups is 1. The quantitative estimate of drug-likeness (QED) is 0.589. The van der Waals surface area contributed by atoms with Crippen molar-refractivity contribution < 1.29 is 9.90 Å². The molecule has 2 heteroatoms. The first-order valence-electron chi connectivity index (χ1n) is 4.15. The Morgan fingerprint density at radius 3 is 2.42 bits per heavy atom. The third-order valence-corrected chi connectivity index (χ3v) is 1.61.